The topological polar surface area (TPSA) is 78.9 Å². The first-order chi connectivity index (χ1) is 30.5. The van der Waals surface area contributed by atoms with Crippen LogP contribution in [-0.4, -0.2) is 37.2 Å². The van der Waals surface area contributed by atoms with Gasteiger partial charge < -0.3 is 14.2 Å². The number of hydrogen-bond acceptors (Lipinski definition) is 6. The van der Waals surface area contributed by atoms with Gasteiger partial charge in [0, 0.05) is 19.3 Å². The van der Waals surface area contributed by atoms with E-state index in [4.69, 9.17) is 14.2 Å². The van der Waals surface area contributed by atoms with E-state index in [0.717, 1.165) is 103 Å². The molecule has 0 aliphatic heterocycles. The number of hydrogen-bond donors (Lipinski definition) is 0. The lowest BCUT2D eigenvalue weighted by Gasteiger charge is -2.18. The maximum Gasteiger partial charge on any atom is 0.306 e. The van der Waals surface area contributed by atoms with Crippen molar-refractivity contribution in [3.05, 3.63) is 85.1 Å². The van der Waals surface area contributed by atoms with Crippen molar-refractivity contribution in [2.24, 2.45) is 0 Å². The second kappa shape index (κ2) is 50.2. The highest BCUT2D eigenvalue weighted by atomic mass is 16.6. The molecule has 0 aromatic carbocycles. The van der Waals surface area contributed by atoms with Gasteiger partial charge in [0.25, 0.3) is 0 Å². The molecule has 0 aromatic rings. The lowest BCUT2D eigenvalue weighted by Crippen LogP contribution is -2.30. The largest absolute Gasteiger partial charge is 0.462 e. The summed E-state index contributed by atoms with van der Waals surface area (Å²) in [5.41, 5.74) is 0. The highest BCUT2D eigenvalue weighted by molar-refractivity contribution is 5.71. The van der Waals surface area contributed by atoms with Crippen LogP contribution in [0.2, 0.25) is 0 Å². The Morgan fingerprint density at radius 3 is 1.05 bits per heavy atom. The fourth-order valence-electron chi connectivity index (χ4n) is 6.87. The van der Waals surface area contributed by atoms with E-state index in [1.165, 1.54) is 83.5 Å². The molecule has 0 N–H and O–H groups in total. The van der Waals surface area contributed by atoms with E-state index in [2.05, 4.69) is 106 Å². The second-order valence-corrected chi connectivity index (χ2v) is 16.7. The molecule has 354 valence electrons. The molecular formula is C56H94O6. The van der Waals surface area contributed by atoms with E-state index in [1.54, 1.807) is 0 Å². The molecule has 0 saturated carbocycles. The summed E-state index contributed by atoms with van der Waals surface area (Å²) in [6.07, 6.45) is 64.3. The smallest absolute Gasteiger partial charge is 0.306 e. The third-order valence-electron chi connectivity index (χ3n) is 10.6. The maximum absolute atomic E-state index is 12.8. The first-order valence-corrected chi connectivity index (χ1v) is 25.6. The van der Waals surface area contributed by atoms with Gasteiger partial charge in [0.1, 0.15) is 13.2 Å². The van der Waals surface area contributed by atoms with Gasteiger partial charge in [-0.25, -0.2) is 0 Å². The van der Waals surface area contributed by atoms with Crippen LogP contribution < -0.4 is 0 Å². The van der Waals surface area contributed by atoms with Crippen molar-refractivity contribution < 1.29 is 28.6 Å². The highest BCUT2D eigenvalue weighted by Crippen LogP contribution is 2.15. The number of unbranched alkanes of at least 4 members (excludes halogenated alkanes) is 20. The highest BCUT2D eigenvalue weighted by Gasteiger charge is 2.19. The van der Waals surface area contributed by atoms with Crippen LogP contribution in [0.4, 0.5) is 0 Å². The zero-order chi connectivity index (χ0) is 45.1. The molecule has 0 radical (unpaired) electrons. The predicted octanol–water partition coefficient (Wildman–Crippen LogP) is 16.8. The summed E-state index contributed by atoms with van der Waals surface area (Å²) in [5, 5.41) is 0. The standard InChI is InChI=1S/C56H94O6/c1-4-7-10-13-16-19-22-24-26-27-28-29-30-32-34-37-40-43-46-49-55(58)61-52-53(51-60-54(57)48-45-42-39-36-33-21-18-15-12-9-6-3)62-56(59)50-47-44-41-38-35-31-25-23-20-17-14-11-8-5-2/h7,9-10,12,16,18-19,21,24,26,28-29,36,39,53H,4-6,8,11,13-15,17,20,22-23,25,27,30-35,37-38,40-52H2,1-3H3/b10-7-,12-9-,19-16-,21-18-,26-24-,29-28-,39-36-. The minimum atomic E-state index is -0.800. The van der Waals surface area contributed by atoms with Crippen molar-refractivity contribution in [2.45, 2.75) is 239 Å². The zero-order valence-electron chi connectivity index (χ0n) is 40.4. The Morgan fingerprint density at radius 1 is 0.339 bits per heavy atom. The molecule has 0 amide bonds. The minimum absolute atomic E-state index is 0.0988. The van der Waals surface area contributed by atoms with Crippen LogP contribution in [0.5, 0.6) is 0 Å². The SMILES string of the molecule is CC/C=C\C/C=C\C/C=C\C/C=C\CCCCCCCCC(=O)OCC(COC(=O)CCC/C=C\C/C=C\C/C=C\CC)OC(=O)CCCCCCCCCCCCCCCC. The van der Waals surface area contributed by atoms with Crippen LogP contribution in [0.1, 0.15) is 233 Å². The molecule has 6 nitrogen and oxygen atoms in total. The Balaban J connectivity index is 4.41. The van der Waals surface area contributed by atoms with E-state index < -0.39 is 6.10 Å². The molecule has 0 fully saturated rings. The van der Waals surface area contributed by atoms with Gasteiger partial charge in [-0.05, 0) is 83.5 Å². The van der Waals surface area contributed by atoms with Crippen molar-refractivity contribution in [1.82, 2.24) is 0 Å². The number of ether oxygens (including phenoxy) is 3. The van der Waals surface area contributed by atoms with Crippen LogP contribution in [0, 0.1) is 0 Å². The summed E-state index contributed by atoms with van der Waals surface area (Å²) in [7, 11) is 0. The molecule has 0 saturated heterocycles. The third-order valence-corrected chi connectivity index (χ3v) is 10.6. The van der Waals surface area contributed by atoms with Gasteiger partial charge in [0.05, 0.1) is 0 Å². The molecule has 62 heavy (non-hydrogen) atoms. The van der Waals surface area contributed by atoms with Crippen LogP contribution in [0.3, 0.4) is 0 Å². The van der Waals surface area contributed by atoms with Gasteiger partial charge in [-0.2, -0.15) is 0 Å². The normalized spacial score (nSPS) is 12.8. The van der Waals surface area contributed by atoms with E-state index in [1.807, 2.05) is 0 Å². The summed E-state index contributed by atoms with van der Waals surface area (Å²) in [6.45, 7) is 6.35. The first kappa shape index (κ1) is 58.6. The number of allylic oxidation sites excluding steroid dienone is 14. The maximum atomic E-state index is 12.8. The van der Waals surface area contributed by atoms with Crippen LogP contribution in [0.25, 0.3) is 0 Å². The minimum Gasteiger partial charge on any atom is -0.462 e. The summed E-state index contributed by atoms with van der Waals surface area (Å²) in [4.78, 5) is 37.9. The fraction of sp³-hybridized carbons (Fsp3) is 0.696. The number of rotatable bonds is 45. The second-order valence-electron chi connectivity index (χ2n) is 16.7. The Hall–Kier alpha value is -3.41. The molecule has 0 spiro atoms. The van der Waals surface area contributed by atoms with Crippen molar-refractivity contribution in [2.75, 3.05) is 13.2 Å². The van der Waals surface area contributed by atoms with Crippen molar-refractivity contribution >= 4 is 17.9 Å². The molecule has 0 rings (SSSR count). The Kier molecular flexibility index (Phi) is 47.5. The molecule has 0 bridgehead atoms. The Morgan fingerprint density at radius 2 is 0.645 bits per heavy atom. The quantitative estimate of drug-likeness (QED) is 0.0263. The molecule has 0 aromatic heterocycles. The van der Waals surface area contributed by atoms with Crippen molar-refractivity contribution in [3.8, 4) is 0 Å². The number of carbonyl (C=O) groups excluding carboxylic acids is 3. The number of esters is 3. The van der Waals surface area contributed by atoms with E-state index in [0.29, 0.717) is 19.3 Å². The Bertz CT molecular complexity index is 1220. The van der Waals surface area contributed by atoms with Gasteiger partial charge in [-0.15, -0.1) is 0 Å². The summed E-state index contributed by atoms with van der Waals surface area (Å²) >= 11 is 0. The summed E-state index contributed by atoms with van der Waals surface area (Å²) < 4.78 is 16.7. The van der Waals surface area contributed by atoms with Crippen LogP contribution >= 0.6 is 0 Å². The van der Waals surface area contributed by atoms with E-state index >= 15 is 0 Å². The third kappa shape index (κ3) is 47.6. The molecule has 6 heteroatoms. The van der Waals surface area contributed by atoms with E-state index in [9.17, 15) is 14.4 Å². The van der Waals surface area contributed by atoms with Gasteiger partial charge >= 0.3 is 17.9 Å². The lowest BCUT2D eigenvalue weighted by molar-refractivity contribution is -0.167. The van der Waals surface area contributed by atoms with Gasteiger partial charge in [-0.3, -0.25) is 14.4 Å². The molecule has 1 atom stereocenters. The zero-order valence-corrected chi connectivity index (χ0v) is 40.4. The van der Waals surface area contributed by atoms with Gasteiger partial charge in [-0.1, -0.05) is 215 Å². The van der Waals surface area contributed by atoms with Crippen molar-refractivity contribution in [3.63, 3.8) is 0 Å². The summed E-state index contributed by atoms with van der Waals surface area (Å²) in [5.74, 6) is -0.967. The van der Waals surface area contributed by atoms with Gasteiger partial charge in [0.2, 0.25) is 0 Å². The average Bonchev–Trinajstić information content (AvgIpc) is 3.27. The lowest BCUT2D eigenvalue weighted by atomic mass is 10.0. The average molecular weight is 863 g/mol. The summed E-state index contributed by atoms with van der Waals surface area (Å²) in [6, 6.07) is 0. The van der Waals surface area contributed by atoms with Crippen LogP contribution in [-0.2, 0) is 28.6 Å². The van der Waals surface area contributed by atoms with Crippen LogP contribution in [0.15, 0.2) is 85.1 Å². The molecule has 0 aliphatic carbocycles. The molecular weight excluding hydrogens is 769 g/mol. The van der Waals surface area contributed by atoms with E-state index in [-0.39, 0.29) is 37.5 Å². The fourth-order valence-corrected chi connectivity index (χ4v) is 6.87. The monoisotopic (exact) mass is 863 g/mol. The Labute approximate surface area is 382 Å². The van der Waals surface area contributed by atoms with Gasteiger partial charge in [0.15, 0.2) is 6.10 Å². The predicted molar refractivity (Wildman–Crippen MR) is 265 cm³/mol. The molecule has 0 heterocycles. The van der Waals surface area contributed by atoms with Crippen molar-refractivity contribution in [1.29, 1.82) is 0 Å². The molecule has 1 unspecified atom stereocenters. The first-order valence-electron chi connectivity index (χ1n) is 25.6. The number of carbonyl (C=O) groups is 3. The molecule has 0 aliphatic rings.